The van der Waals surface area contributed by atoms with Crippen molar-refractivity contribution in [3.05, 3.63) is 73.2 Å². The molecule has 0 fully saturated rings. The van der Waals surface area contributed by atoms with E-state index in [-0.39, 0.29) is 0 Å². The molecule has 1 heteroatoms. The summed E-state index contributed by atoms with van der Waals surface area (Å²) in [4.78, 5) is 0. The van der Waals surface area contributed by atoms with Crippen molar-refractivity contribution in [2.45, 2.75) is 0 Å². The molecule has 89 valence electrons. The first kappa shape index (κ1) is 10.4. The SMILES string of the molecule is [c]1occc1-c1c2ccccc2cc2ccccc12. The topological polar surface area (TPSA) is 13.1 Å². The molecule has 0 bridgehead atoms. The van der Waals surface area contributed by atoms with Gasteiger partial charge in [-0.05, 0) is 33.7 Å². The second kappa shape index (κ2) is 3.99. The predicted octanol–water partition coefficient (Wildman–Crippen LogP) is 5.05. The highest BCUT2D eigenvalue weighted by Gasteiger charge is 2.10. The summed E-state index contributed by atoms with van der Waals surface area (Å²) in [5, 5.41) is 4.95. The van der Waals surface area contributed by atoms with Gasteiger partial charge >= 0.3 is 0 Å². The van der Waals surface area contributed by atoms with E-state index in [9.17, 15) is 0 Å². The Morgan fingerprint density at radius 2 is 1.37 bits per heavy atom. The van der Waals surface area contributed by atoms with Crippen LogP contribution in [0.15, 0.2) is 71.3 Å². The van der Waals surface area contributed by atoms with Gasteiger partial charge in [-0.3, -0.25) is 0 Å². The average molecular weight is 243 g/mol. The van der Waals surface area contributed by atoms with Gasteiger partial charge in [-0.15, -0.1) is 0 Å². The highest BCUT2D eigenvalue weighted by Crippen LogP contribution is 2.36. The van der Waals surface area contributed by atoms with Gasteiger partial charge in [0.25, 0.3) is 0 Å². The molecular formula is C18H11O. The molecule has 4 rings (SSSR count). The van der Waals surface area contributed by atoms with E-state index in [2.05, 4.69) is 60.9 Å². The lowest BCUT2D eigenvalue weighted by Gasteiger charge is -2.09. The second-order valence-electron chi connectivity index (χ2n) is 4.63. The third-order valence-corrected chi connectivity index (χ3v) is 3.51. The van der Waals surface area contributed by atoms with Gasteiger partial charge in [-0.25, -0.2) is 0 Å². The lowest BCUT2D eigenvalue weighted by atomic mass is 9.93. The molecule has 1 heterocycles. The summed E-state index contributed by atoms with van der Waals surface area (Å²) in [6.45, 7) is 0. The van der Waals surface area contributed by atoms with E-state index in [1.807, 2.05) is 6.07 Å². The standard InChI is InChI=1S/C18H11O/c1-3-7-16-13(5-1)11-14-6-2-4-8-17(14)18(16)15-9-10-19-12-15/h1-11H. The number of rotatable bonds is 1. The Morgan fingerprint density at radius 1 is 0.737 bits per heavy atom. The van der Waals surface area contributed by atoms with Crippen LogP contribution in [0.1, 0.15) is 0 Å². The average Bonchev–Trinajstić information content (AvgIpc) is 2.98. The molecule has 19 heavy (non-hydrogen) atoms. The molecular weight excluding hydrogens is 232 g/mol. The summed E-state index contributed by atoms with van der Waals surface area (Å²) < 4.78 is 5.14. The lowest BCUT2D eigenvalue weighted by molar-refractivity contribution is 0.559. The van der Waals surface area contributed by atoms with Crippen LogP contribution in [0.5, 0.6) is 0 Å². The maximum Gasteiger partial charge on any atom is 0.177 e. The van der Waals surface area contributed by atoms with Crippen molar-refractivity contribution in [1.29, 1.82) is 0 Å². The third-order valence-electron chi connectivity index (χ3n) is 3.51. The predicted molar refractivity (Wildman–Crippen MR) is 78.0 cm³/mol. The molecule has 0 aliphatic heterocycles. The highest BCUT2D eigenvalue weighted by atomic mass is 16.3. The van der Waals surface area contributed by atoms with Crippen LogP contribution < -0.4 is 0 Å². The molecule has 4 aromatic rings. The van der Waals surface area contributed by atoms with Gasteiger partial charge in [0.1, 0.15) is 0 Å². The molecule has 0 aliphatic rings. The number of benzene rings is 3. The van der Waals surface area contributed by atoms with E-state index in [0.717, 1.165) is 5.56 Å². The smallest absolute Gasteiger partial charge is 0.177 e. The lowest BCUT2D eigenvalue weighted by Crippen LogP contribution is -1.83. The van der Waals surface area contributed by atoms with E-state index in [1.165, 1.54) is 27.1 Å². The Bertz CT molecular complexity index is 803. The normalized spacial score (nSPS) is 11.2. The van der Waals surface area contributed by atoms with Crippen molar-refractivity contribution >= 4 is 21.5 Å². The van der Waals surface area contributed by atoms with Crippen LogP contribution in [0, 0.1) is 6.26 Å². The van der Waals surface area contributed by atoms with E-state index in [4.69, 9.17) is 4.42 Å². The molecule has 0 aliphatic carbocycles. The Kier molecular flexibility index (Phi) is 2.18. The van der Waals surface area contributed by atoms with Crippen molar-refractivity contribution < 1.29 is 4.42 Å². The van der Waals surface area contributed by atoms with Gasteiger partial charge in [0.05, 0.1) is 6.26 Å². The zero-order valence-electron chi connectivity index (χ0n) is 10.3. The molecule has 3 aromatic carbocycles. The van der Waals surface area contributed by atoms with Gasteiger partial charge in [-0.2, -0.15) is 0 Å². The largest absolute Gasteiger partial charge is 0.460 e. The second-order valence-corrected chi connectivity index (χ2v) is 4.63. The maximum atomic E-state index is 5.14. The van der Waals surface area contributed by atoms with Crippen molar-refractivity contribution in [1.82, 2.24) is 0 Å². The number of furan rings is 1. The van der Waals surface area contributed by atoms with Gasteiger partial charge < -0.3 is 4.42 Å². The molecule has 0 saturated heterocycles. The van der Waals surface area contributed by atoms with Gasteiger partial charge in [0.15, 0.2) is 6.26 Å². The molecule has 0 atom stereocenters. The van der Waals surface area contributed by atoms with Crippen molar-refractivity contribution in [3.8, 4) is 11.1 Å². The summed E-state index contributed by atoms with van der Waals surface area (Å²) >= 11 is 0. The summed E-state index contributed by atoms with van der Waals surface area (Å²) in [5.74, 6) is 0. The minimum Gasteiger partial charge on any atom is -0.460 e. The zero-order chi connectivity index (χ0) is 12.7. The van der Waals surface area contributed by atoms with Crippen LogP contribution in [-0.4, -0.2) is 0 Å². The molecule has 0 spiro atoms. The van der Waals surface area contributed by atoms with Crippen molar-refractivity contribution in [2.24, 2.45) is 0 Å². The Labute approximate surface area is 111 Å². The van der Waals surface area contributed by atoms with Crippen molar-refractivity contribution in [3.63, 3.8) is 0 Å². The van der Waals surface area contributed by atoms with Crippen LogP contribution in [0.3, 0.4) is 0 Å². The maximum absolute atomic E-state index is 5.14. The number of fused-ring (bicyclic) bond motifs is 2. The molecule has 0 unspecified atom stereocenters. The van der Waals surface area contributed by atoms with Crippen molar-refractivity contribution in [2.75, 3.05) is 0 Å². The first-order valence-electron chi connectivity index (χ1n) is 6.29. The fraction of sp³-hybridized carbons (Fsp3) is 0. The van der Waals surface area contributed by atoms with Crippen LogP contribution in [-0.2, 0) is 0 Å². The molecule has 0 amide bonds. The molecule has 1 aromatic heterocycles. The summed E-state index contributed by atoms with van der Waals surface area (Å²) in [6, 6.07) is 21.1. The number of hydrogen-bond donors (Lipinski definition) is 0. The summed E-state index contributed by atoms with van der Waals surface area (Å²) in [5.41, 5.74) is 2.20. The van der Waals surface area contributed by atoms with Crippen LogP contribution in [0.2, 0.25) is 0 Å². The Hall–Kier alpha value is -2.54. The first-order valence-corrected chi connectivity index (χ1v) is 6.29. The van der Waals surface area contributed by atoms with E-state index < -0.39 is 0 Å². The first-order chi connectivity index (χ1) is 9.43. The molecule has 1 radical (unpaired) electrons. The van der Waals surface area contributed by atoms with Crippen LogP contribution in [0.25, 0.3) is 32.7 Å². The quantitative estimate of drug-likeness (QED) is 0.426. The van der Waals surface area contributed by atoms with Gasteiger partial charge in [0.2, 0.25) is 0 Å². The zero-order valence-corrected chi connectivity index (χ0v) is 10.3. The van der Waals surface area contributed by atoms with E-state index in [0.29, 0.717) is 0 Å². The van der Waals surface area contributed by atoms with Crippen LogP contribution >= 0.6 is 0 Å². The molecule has 1 nitrogen and oxygen atoms in total. The van der Waals surface area contributed by atoms with Gasteiger partial charge in [0, 0.05) is 11.1 Å². The van der Waals surface area contributed by atoms with E-state index >= 15 is 0 Å². The fourth-order valence-corrected chi connectivity index (χ4v) is 2.67. The Balaban J connectivity index is 2.27. The monoisotopic (exact) mass is 243 g/mol. The minimum absolute atomic E-state index is 1.01. The fourth-order valence-electron chi connectivity index (χ4n) is 2.67. The Morgan fingerprint density at radius 3 is 1.95 bits per heavy atom. The third kappa shape index (κ3) is 1.55. The number of hydrogen-bond acceptors (Lipinski definition) is 1. The highest BCUT2D eigenvalue weighted by molar-refractivity contribution is 6.12. The summed E-state index contributed by atoms with van der Waals surface area (Å²) in [7, 11) is 0. The summed E-state index contributed by atoms with van der Waals surface area (Å²) in [6.07, 6.45) is 4.64. The molecule has 0 saturated carbocycles. The van der Waals surface area contributed by atoms with E-state index in [1.54, 1.807) is 6.26 Å². The minimum atomic E-state index is 1.01. The molecule has 0 N–H and O–H groups in total. The van der Waals surface area contributed by atoms with Gasteiger partial charge in [-0.1, -0.05) is 48.5 Å². The van der Waals surface area contributed by atoms with Crippen LogP contribution in [0.4, 0.5) is 0 Å².